The van der Waals surface area contributed by atoms with Crippen LogP contribution in [0, 0.1) is 19.7 Å². The molecule has 2 aromatic carbocycles. The molecule has 7 heteroatoms. The highest BCUT2D eigenvalue weighted by Crippen LogP contribution is 2.22. The average molecular weight is 443 g/mol. The molecule has 144 valence electrons. The SMILES string of the molecule is Cc1cc(/C=N\NC(=O)CNc2ccc(F)cc2)c(C)n1-c1cccc(Br)c1. The van der Waals surface area contributed by atoms with Crippen molar-refractivity contribution >= 4 is 33.7 Å². The molecule has 0 saturated carbocycles. The lowest BCUT2D eigenvalue weighted by Crippen LogP contribution is -2.25. The Morgan fingerprint density at radius 1 is 1.18 bits per heavy atom. The molecule has 1 aromatic heterocycles. The van der Waals surface area contributed by atoms with E-state index in [1.165, 1.54) is 12.1 Å². The van der Waals surface area contributed by atoms with E-state index in [9.17, 15) is 9.18 Å². The summed E-state index contributed by atoms with van der Waals surface area (Å²) in [5.41, 5.74) is 7.23. The first-order chi connectivity index (χ1) is 13.4. The van der Waals surface area contributed by atoms with Gasteiger partial charge in [0.1, 0.15) is 5.82 Å². The highest BCUT2D eigenvalue weighted by Gasteiger charge is 2.09. The average Bonchev–Trinajstić information content (AvgIpc) is 2.95. The summed E-state index contributed by atoms with van der Waals surface area (Å²) in [6.45, 7) is 4.07. The Morgan fingerprint density at radius 2 is 1.93 bits per heavy atom. The molecule has 0 aliphatic heterocycles. The Morgan fingerprint density at radius 3 is 2.64 bits per heavy atom. The first-order valence-corrected chi connectivity index (χ1v) is 9.49. The zero-order valence-electron chi connectivity index (χ0n) is 15.5. The molecule has 1 heterocycles. The van der Waals surface area contributed by atoms with E-state index in [2.05, 4.69) is 36.3 Å². The van der Waals surface area contributed by atoms with Crippen molar-refractivity contribution in [2.45, 2.75) is 13.8 Å². The summed E-state index contributed by atoms with van der Waals surface area (Å²) in [6, 6.07) is 15.9. The second-order valence-corrected chi connectivity index (χ2v) is 7.21. The van der Waals surface area contributed by atoms with Crippen LogP contribution in [0.25, 0.3) is 5.69 Å². The summed E-state index contributed by atoms with van der Waals surface area (Å²) in [4.78, 5) is 11.9. The van der Waals surface area contributed by atoms with Gasteiger partial charge in [0, 0.05) is 32.8 Å². The van der Waals surface area contributed by atoms with Gasteiger partial charge in [0.2, 0.25) is 0 Å². The summed E-state index contributed by atoms with van der Waals surface area (Å²) >= 11 is 3.50. The zero-order valence-corrected chi connectivity index (χ0v) is 17.1. The molecule has 3 aromatic rings. The lowest BCUT2D eigenvalue weighted by atomic mass is 10.2. The molecule has 0 aliphatic carbocycles. The van der Waals surface area contributed by atoms with E-state index in [4.69, 9.17) is 0 Å². The highest BCUT2D eigenvalue weighted by atomic mass is 79.9. The number of carbonyl (C=O) groups excluding carboxylic acids is 1. The molecule has 0 radical (unpaired) electrons. The minimum atomic E-state index is -0.319. The molecule has 28 heavy (non-hydrogen) atoms. The number of carbonyl (C=O) groups is 1. The molecule has 0 unspecified atom stereocenters. The molecule has 0 atom stereocenters. The van der Waals surface area contributed by atoms with Crippen molar-refractivity contribution in [2.24, 2.45) is 5.10 Å². The Bertz CT molecular complexity index is 1010. The van der Waals surface area contributed by atoms with Crippen LogP contribution in [0.15, 0.2) is 64.2 Å². The molecule has 0 fully saturated rings. The lowest BCUT2D eigenvalue weighted by Gasteiger charge is -2.09. The summed E-state index contributed by atoms with van der Waals surface area (Å²) < 4.78 is 16.0. The van der Waals surface area contributed by atoms with Crippen LogP contribution in [-0.2, 0) is 4.79 Å². The number of anilines is 1. The number of benzene rings is 2. The molecule has 0 aliphatic rings. The van der Waals surface area contributed by atoms with Gasteiger partial charge in [-0.05, 0) is 62.4 Å². The Kier molecular flexibility index (Phi) is 6.26. The normalized spacial score (nSPS) is 11.0. The maximum Gasteiger partial charge on any atom is 0.259 e. The van der Waals surface area contributed by atoms with E-state index >= 15 is 0 Å². The van der Waals surface area contributed by atoms with Gasteiger partial charge in [0.05, 0.1) is 12.8 Å². The van der Waals surface area contributed by atoms with E-state index < -0.39 is 0 Å². The third-order valence-corrected chi connectivity index (χ3v) is 4.72. The number of aryl methyl sites for hydroxylation is 1. The number of nitrogens with one attached hydrogen (secondary N) is 2. The van der Waals surface area contributed by atoms with E-state index in [1.54, 1.807) is 18.3 Å². The largest absolute Gasteiger partial charge is 0.376 e. The predicted molar refractivity (Wildman–Crippen MR) is 114 cm³/mol. The van der Waals surface area contributed by atoms with Gasteiger partial charge in [-0.15, -0.1) is 0 Å². The number of halogens is 2. The summed E-state index contributed by atoms with van der Waals surface area (Å²) in [6.07, 6.45) is 1.63. The number of rotatable bonds is 6. The van der Waals surface area contributed by atoms with Crippen LogP contribution in [0.4, 0.5) is 10.1 Å². The zero-order chi connectivity index (χ0) is 20.1. The minimum Gasteiger partial charge on any atom is -0.376 e. The Hall–Kier alpha value is -2.93. The van der Waals surface area contributed by atoms with Gasteiger partial charge >= 0.3 is 0 Å². The quantitative estimate of drug-likeness (QED) is 0.434. The van der Waals surface area contributed by atoms with Gasteiger partial charge in [0.15, 0.2) is 0 Å². The maximum atomic E-state index is 12.9. The van der Waals surface area contributed by atoms with Crippen molar-refractivity contribution in [1.82, 2.24) is 9.99 Å². The van der Waals surface area contributed by atoms with E-state index in [-0.39, 0.29) is 18.3 Å². The van der Waals surface area contributed by atoms with Gasteiger partial charge in [-0.1, -0.05) is 22.0 Å². The number of hydrogen-bond acceptors (Lipinski definition) is 3. The summed E-state index contributed by atoms with van der Waals surface area (Å²) in [5, 5.41) is 6.96. The fourth-order valence-corrected chi connectivity index (χ4v) is 3.28. The van der Waals surface area contributed by atoms with E-state index in [1.807, 2.05) is 44.2 Å². The van der Waals surface area contributed by atoms with Crippen molar-refractivity contribution < 1.29 is 9.18 Å². The van der Waals surface area contributed by atoms with Crippen molar-refractivity contribution in [3.05, 3.63) is 81.8 Å². The molecule has 1 amide bonds. The standard InChI is InChI=1S/C21H20BrFN4O/c1-14-10-16(15(2)27(14)20-5-3-4-17(22)11-20)12-25-26-21(28)13-24-19-8-6-18(23)7-9-19/h3-12,24H,13H2,1-2H3,(H,26,28)/b25-12-. The van der Waals surface area contributed by atoms with Crippen molar-refractivity contribution in [3.8, 4) is 5.69 Å². The number of amides is 1. The molecular weight excluding hydrogens is 423 g/mol. The van der Waals surface area contributed by atoms with Gasteiger partial charge in [-0.25, -0.2) is 9.82 Å². The topological polar surface area (TPSA) is 58.4 Å². The lowest BCUT2D eigenvalue weighted by molar-refractivity contribution is -0.119. The van der Waals surface area contributed by atoms with Crippen LogP contribution in [0.5, 0.6) is 0 Å². The first kappa shape index (κ1) is 19.8. The highest BCUT2D eigenvalue weighted by molar-refractivity contribution is 9.10. The van der Waals surface area contributed by atoms with Gasteiger partial charge in [0.25, 0.3) is 5.91 Å². The minimum absolute atomic E-state index is 0.0417. The second kappa shape index (κ2) is 8.84. The third-order valence-electron chi connectivity index (χ3n) is 4.23. The number of aromatic nitrogens is 1. The van der Waals surface area contributed by atoms with Crippen LogP contribution in [-0.4, -0.2) is 23.2 Å². The van der Waals surface area contributed by atoms with Crippen LogP contribution in [0.1, 0.15) is 17.0 Å². The third kappa shape index (κ3) is 4.86. The summed E-state index contributed by atoms with van der Waals surface area (Å²) in [5.74, 6) is -0.610. The van der Waals surface area contributed by atoms with Crippen LogP contribution >= 0.6 is 15.9 Å². The van der Waals surface area contributed by atoms with Crippen LogP contribution < -0.4 is 10.7 Å². The first-order valence-electron chi connectivity index (χ1n) is 8.70. The van der Waals surface area contributed by atoms with Gasteiger partial charge < -0.3 is 9.88 Å². The fourth-order valence-electron chi connectivity index (χ4n) is 2.89. The van der Waals surface area contributed by atoms with Crippen molar-refractivity contribution in [3.63, 3.8) is 0 Å². The van der Waals surface area contributed by atoms with E-state index in [0.717, 1.165) is 27.1 Å². The van der Waals surface area contributed by atoms with Crippen molar-refractivity contribution in [2.75, 3.05) is 11.9 Å². The fraction of sp³-hybridized carbons (Fsp3) is 0.143. The number of hydrogen-bond donors (Lipinski definition) is 2. The van der Waals surface area contributed by atoms with Gasteiger partial charge in [-0.2, -0.15) is 5.10 Å². The molecular formula is C21H20BrFN4O. The predicted octanol–water partition coefficient (Wildman–Crippen LogP) is 4.56. The van der Waals surface area contributed by atoms with Crippen molar-refractivity contribution in [1.29, 1.82) is 0 Å². The maximum absolute atomic E-state index is 12.9. The molecule has 0 bridgehead atoms. The number of nitrogens with zero attached hydrogens (tertiary/aromatic N) is 2. The summed E-state index contributed by atoms with van der Waals surface area (Å²) in [7, 11) is 0. The molecule has 0 saturated heterocycles. The molecule has 5 nitrogen and oxygen atoms in total. The second-order valence-electron chi connectivity index (χ2n) is 6.30. The molecule has 0 spiro atoms. The Labute approximate surface area is 171 Å². The smallest absolute Gasteiger partial charge is 0.259 e. The van der Waals surface area contributed by atoms with Crippen LogP contribution in [0.3, 0.4) is 0 Å². The van der Waals surface area contributed by atoms with E-state index in [0.29, 0.717) is 5.69 Å². The van der Waals surface area contributed by atoms with Crippen LogP contribution in [0.2, 0.25) is 0 Å². The number of hydrazone groups is 1. The molecule has 2 N–H and O–H groups in total. The molecule has 3 rings (SSSR count). The monoisotopic (exact) mass is 442 g/mol. The van der Waals surface area contributed by atoms with Gasteiger partial charge in [-0.3, -0.25) is 4.79 Å². The Balaban J connectivity index is 1.62.